The van der Waals surface area contributed by atoms with E-state index in [0.717, 1.165) is 25.1 Å². The van der Waals surface area contributed by atoms with E-state index in [9.17, 15) is 9.90 Å². The first-order valence-corrected chi connectivity index (χ1v) is 7.32. The van der Waals surface area contributed by atoms with Crippen molar-refractivity contribution < 1.29 is 9.90 Å². The number of likely N-dealkylation sites (N-methyl/N-ethyl adjacent to an activating group) is 2. The van der Waals surface area contributed by atoms with Crippen LogP contribution in [0.1, 0.15) is 31.1 Å². The largest absolute Gasteiger partial charge is 0.387 e. The highest BCUT2D eigenvalue weighted by molar-refractivity contribution is 5.78. The topological polar surface area (TPSA) is 43.8 Å². The Hall–Kier alpha value is -1.39. The maximum Gasteiger partial charge on any atom is 0.236 e. The molecule has 0 saturated carbocycles. The van der Waals surface area contributed by atoms with Gasteiger partial charge in [0.25, 0.3) is 0 Å². The van der Waals surface area contributed by atoms with Crippen LogP contribution in [0.5, 0.6) is 0 Å². The van der Waals surface area contributed by atoms with Gasteiger partial charge in [-0.05, 0) is 38.4 Å². The van der Waals surface area contributed by atoms with Crippen LogP contribution in [0.15, 0.2) is 24.3 Å². The monoisotopic (exact) mass is 276 g/mol. The minimum absolute atomic E-state index is 0.00749. The number of hydrogen-bond acceptors (Lipinski definition) is 3. The van der Waals surface area contributed by atoms with Crippen molar-refractivity contribution in [1.82, 2.24) is 9.80 Å². The van der Waals surface area contributed by atoms with Gasteiger partial charge < -0.3 is 10.0 Å². The average Bonchev–Trinajstić information content (AvgIpc) is 2.78. The number of nitrogens with zero attached hydrogens (tertiary/aromatic N) is 2. The van der Waals surface area contributed by atoms with E-state index in [-0.39, 0.29) is 11.9 Å². The quantitative estimate of drug-likeness (QED) is 0.885. The van der Waals surface area contributed by atoms with E-state index < -0.39 is 6.10 Å². The summed E-state index contributed by atoms with van der Waals surface area (Å²) in [7, 11) is 1.92. The van der Waals surface area contributed by atoms with Crippen molar-refractivity contribution in [2.24, 2.45) is 0 Å². The number of carbonyl (C=O) groups excluding carboxylic acids is 1. The third-order valence-corrected chi connectivity index (χ3v) is 4.23. The summed E-state index contributed by atoms with van der Waals surface area (Å²) in [6.07, 6.45) is 0.306. The van der Waals surface area contributed by atoms with Crippen LogP contribution in [0, 0.1) is 0 Å². The number of carbonyl (C=O) groups is 1. The fourth-order valence-electron chi connectivity index (χ4n) is 2.96. The van der Waals surface area contributed by atoms with E-state index in [1.165, 1.54) is 5.56 Å². The molecule has 1 amide bonds. The number of rotatable bonds is 5. The molecular formula is C16H24N2O2. The minimum Gasteiger partial charge on any atom is -0.387 e. The van der Waals surface area contributed by atoms with E-state index in [1.807, 2.05) is 48.9 Å². The Morgan fingerprint density at radius 2 is 1.95 bits per heavy atom. The third-order valence-electron chi connectivity index (χ3n) is 4.23. The van der Waals surface area contributed by atoms with Crippen LogP contribution in [-0.2, 0) is 11.2 Å². The summed E-state index contributed by atoms with van der Waals surface area (Å²) in [5.41, 5.74) is 2.19. The second kappa shape index (κ2) is 6.37. The first kappa shape index (κ1) is 15.0. The molecule has 1 N–H and O–H groups in total. The Bertz CT molecular complexity index is 471. The van der Waals surface area contributed by atoms with Gasteiger partial charge in [-0.25, -0.2) is 0 Å². The van der Waals surface area contributed by atoms with Crippen molar-refractivity contribution >= 4 is 5.91 Å². The normalized spacial score (nSPS) is 21.1. The first-order chi connectivity index (χ1) is 9.58. The van der Waals surface area contributed by atoms with Gasteiger partial charge in [0.15, 0.2) is 0 Å². The number of benzene rings is 1. The molecule has 0 aromatic heterocycles. The molecule has 2 rings (SSSR count). The predicted octanol–water partition coefficient (Wildman–Crippen LogP) is 1.44. The molecule has 1 aliphatic rings. The van der Waals surface area contributed by atoms with E-state index >= 15 is 0 Å². The Morgan fingerprint density at radius 1 is 1.30 bits per heavy atom. The van der Waals surface area contributed by atoms with Crippen molar-refractivity contribution in [3.63, 3.8) is 0 Å². The van der Waals surface area contributed by atoms with Crippen LogP contribution in [0.25, 0.3) is 0 Å². The lowest BCUT2D eigenvalue weighted by atomic mass is 10.1. The van der Waals surface area contributed by atoms with Gasteiger partial charge in [0.2, 0.25) is 5.91 Å². The van der Waals surface area contributed by atoms with Crippen LogP contribution in [0.3, 0.4) is 0 Å². The Morgan fingerprint density at radius 3 is 2.55 bits per heavy atom. The molecule has 0 radical (unpaired) electrons. The fraction of sp³-hybridized carbons (Fsp3) is 0.562. The van der Waals surface area contributed by atoms with Crippen molar-refractivity contribution in [3.8, 4) is 0 Å². The number of hydrogen-bond donors (Lipinski definition) is 1. The summed E-state index contributed by atoms with van der Waals surface area (Å²) < 4.78 is 0. The predicted molar refractivity (Wildman–Crippen MR) is 79.5 cm³/mol. The van der Waals surface area contributed by atoms with E-state index in [1.54, 1.807) is 0 Å². The molecule has 1 aliphatic carbocycles. The summed E-state index contributed by atoms with van der Waals surface area (Å²) in [6.45, 7) is 5.80. The molecule has 0 heterocycles. The molecule has 0 saturated heterocycles. The lowest BCUT2D eigenvalue weighted by Crippen LogP contribution is -2.44. The highest BCUT2D eigenvalue weighted by atomic mass is 16.3. The molecule has 0 aliphatic heterocycles. The van der Waals surface area contributed by atoms with Crippen molar-refractivity contribution in [3.05, 3.63) is 35.4 Å². The van der Waals surface area contributed by atoms with Crippen LogP contribution in [0.4, 0.5) is 0 Å². The van der Waals surface area contributed by atoms with Crippen LogP contribution >= 0.6 is 0 Å². The summed E-state index contributed by atoms with van der Waals surface area (Å²) >= 11 is 0. The summed E-state index contributed by atoms with van der Waals surface area (Å²) in [4.78, 5) is 16.0. The maximum absolute atomic E-state index is 12.2. The summed E-state index contributed by atoms with van der Waals surface area (Å²) in [6, 6.07) is 7.96. The lowest BCUT2D eigenvalue weighted by molar-refractivity contribution is -0.132. The minimum atomic E-state index is -0.499. The van der Waals surface area contributed by atoms with Gasteiger partial charge in [0.1, 0.15) is 0 Å². The first-order valence-electron chi connectivity index (χ1n) is 7.32. The molecule has 4 heteroatoms. The molecule has 0 spiro atoms. The SMILES string of the molecule is CCN(CC)C(=O)CN(C)C1Cc2ccccc2C1O. The standard InChI is InChI=1S/C16H24N2O2/c1-4-18(5-2)15(19)11-17(3)14-10-12-8-6-7-9-13(12)16(14)20/h6-9,14,16,20H,4-5,10-11H2,1-3H3. The fourth-order valence-corrected chi connectivity index (χ4v) is 2.96. The van der Waals surface area contributed by atoms with E-state index in [4.69, 9.17) is 0 Å². The second-order valence-corrected chi connectivity index (χ2v) is 5.40. The van der Waals surface area contributed by atoms with Gasteiger partial charge in [-0.1, -0.05) is 24.3 Å². The number of aliphatic hydroxyl groups is 1. The molecule has 20 heavy (non-hydrogen) atoms. The molecule has 4 nitrogen and oxygen atoms in total. The zero-order valence-electron chi connectivity index (χ0n) is 12.5. The lowest BCUT2D eigenvalue weighted by Gasteiger charge is -2.29. The zero-order chi connectivity index (χ0) is 14.7. The molecule has 1 aromatic carbocycles. The smallest absolute Gasteiger partial charge is 0.236 e. The summed E-state index contributed by atoms with van der Waals surface area (Å²) in [5, 5.41) is 10.4. The van der Waals surface area contributed by atoms with Crippen LogP contribution in [-0.4, -0.2) is 53.5 Å². The Labute approximate surface area is 121 Å². The number of fused-ring (bicyclic) bond motifs is 1. The van der Waals surface area contributed by atoms with Gasteiger partial charge in [-0.2, -0.15) is 0 Å². The highest BCUT2D eigenvalue weighted by Gasteiger charge is 2.34. The summed E-state index contributed by atoms with van der Waals surface area (Å²) in [5.74, 6) is 0.126. The van der Waals surface area contributed by atoms with E-state index in [2.05, 4.69) is 6.07 Å². The van der Waals surface area contributed by atoms with Gasteiger partial charge in [0.05, 0.1) is 12.6 Å². The Balaban J connectivity index is 2.02. The Kier molecular flexibility index (Phi) is 4.78. The molecule has 2 unspecified atom stereocenters. The van der Waals surface area contributed by atoms with Gasteiger partial charge >= 0.3 is 0 Å². The van der Waals surface area contributed by atoms with Crippen molar-refractivity contribution in [2.75, 3.05) is 26.7 Å². The van der Waals surface area contributed by atoms with Crippen molar-refractivity contribution in [1.29, 1.82) is 0 Å². The molecule has 2 atom stereocenters. The van der Waals surface area contributed by atoms with Gasteiger partial charge in [-0.3, -0.25) is 9.69 Å². The number of aliphatic hydroxyl groups excluding tert-OH is 1. The number of amides is 1. The average molecular weight is 276 g/mol. The van der Waals surface area contributed by atoms with Crippen LogP contribution in [0.2, 0.25) is 0 Å². The molecule has 1 aromatic rings. The molecule has 0 bridgehead atoms. The van der Waals surface area contributed by atoms with Gasteiger partial charge in [0, 0.05) is 19.1 Å². The van der Waals surface area contributed by atoms with E-state index in [0.29, 0.717) is 6.54 Å². The van der Waals surface area contributed by atoms with Crippen molar-refractivity contribution in [2.45, 2.75) is 32.4 Å². The molecular weight excluding hydrogens is 252 g/mol. The van der Waals surface area contributed by atoms with Gasteiger partial charge in [-0.15, -0.1) is 0 Å². The third kappa shape index (κ3) is 2.86. The zero-order valence-corrected chi connectivity index (χ0v) is 12.5. The second-order valence-electron chi connectivity index (χ2n) is 5.40. The maximum atomic E-state index is 12.2. The molecule has 110 valence electrons. The highest BCUT2D eigenvalue weighted by Crippen LogP contribution is 2.33. The van der Waals surface area contributed by atoms with Crippen LogP contribution < -0.4 is 0 Å². The molecule has 0 fully saturated rings.